The highest BCUT2D eigenvalue weighted by Crippen LogP contribution is 2.23. The van der Waals surface area contributed by atoms with Gasteiger partial charge in [0.2, 0.25) is 0 Å². The number of hydrogen-bond donors (Lipinski definition) is 0. The van der Waals surface area contributed by atoms with E-state index in [1.54, 1.807) is 0 Å². The Kier molecular flexibility index (Phi) is 2.15. The molecule has 0 fully saturated rings. The van der Waals surface area contributed by atoms with Crippen LogP contribution in [-0.2, 0) is 7.05 Å². The standard InChI is InChI=1S/C10H9BrN2O/c1-6-3-7(11)4-8-10(6)13(2)9(5-14)12-8/h3-5H,1-2H3. The van der Waals surface area contributed by atoms with Crippen LogP contribution < -0.4 is 0 Å². The van der Waals surface area contributed by atoms with Crippen LogP contribution in [0.1, 0.15) is 16.2 Å². The van der Waals surface area contributed by atoms with E-state index >= 15 is 0 Å². The number of carbonyl (C=O) groups is 1. The molecule has 4 heteroatoms. The van der Waals surface area contributed by atoms with E-state index in [4.69, 9.17) is 0 Å². The molecule has 14 heavy (non-hydrogen) atoms. The Morgan fingerprint density at radius 3 is 2.86 bits per heavy atom. The van der Waals surface area contributed by atoms with Gasteiger partial charge in [-0.1, -0.05) is 15.9 Å². The van der Waals surface area contributed by atoms with Crippen LogP contribution in [0.25, 0.3) is 11.0 Å². The zero-order valence-electron chi connectivity index (χ0n) is 7.91. The van der Waals surface area contributed by atoms with Crippen molar-refractivity contribution in [3.05, 3.63) is 28.0 Å². The highest BCUT2D eigenvalue weighted by molar-refractivity contribution is 9.10. The zero-order chi connectivity index (χ0) is 10.3. The summed E-state index contributed by atoms with van der Waals surface area (Å²) >= 11 is 3.40. The maximum atomic E-state index is 10.7. The average molecular weight is 253 g/mol. The lowest BCUT2D eigenvalue weighted by molar-refractivity contribution is 0.111. The first-order valence-corrected chi connectivity index (χ1v) is 5.00. The molecule has 0 radical (unpaired) electrons. The fraction of sp³-hybridized carbons (Fsp3) is 0.200. The number of benzene rings is 1. The topological polar surface area (TPSA) is 34.9 Å². The van der Waals surface area contributed by atoms with Crippen molar-refractivity contribution in [3.63, 3.8) is 0 Å². The Morgan fingerprint density at radius 1 is 1.50 bits per heavy atom. The summed E-state index contributed by atoms with van der Waals surface area (Å²) < 4.78 is 2.79. The van der Waals surface area contributed by atoms with Gasteiger partial charge in [0, 0.05) is 11.5 Å². The summed E-state index contributed by atoms with van der Waals surface area (Å²) in [5.74, 6) is 0.459. The van der Waals surface area contributed by atoms with E-state index in [0.717, 1.165) is 27.4 Å². The van der Waals surface area contributed by atoms with Gasteiger partial charge in [0.05, 0.1) is 11.0 Å². The van der Waals surface area contributed by atoms with Gasteiger partial charge in [-0.05, 0) is 24.6 Å². The van der Waals surface area contributed by atoms with Crippen molar-refractivity contribution in [2.75, 3.05) is 0 Å². The molecule has 0 atom stereocenters. The number of aromatic nitrogens is 2. The van der Waals surface area contributed by atoms with Gasteiger partial charge >= 0.3 is 0 Å². The van der Waals surface area contributed by atoms with E-state index in [-0.39, 0.29) is 0 Å². The molecule has 1 aromatic carbocycles. The Balaban J connectivity index is 2.92. The van der Waals surface area contributed by atoms with Crippen LogP contribution in [0.15, 0.2) is 16.6 Å². The first-order chi connectivity index (χ1) is 6.63. The lowest BCUT2D eigenvalue weighted by Crippen LogP contribution is -1.95. The molecule has 0 N–H and O–H groups in total. The fourth-order valence-corrected chi connectivity index (χ4v) is 2.22. The molecule has 1 heterocycles. The number of hydrogen-bond acceptors (Lipinski definition) is 2. The zero-order valence-corrected chi connectivity index (χ0v) is 9.50. The van der Waals surface area contributed by atoms with Crippen LogP contribution in [-0.4, -0.2) is 15.8 Å². The summed E-state index contributed by atoms with van der Waals surface area (Å²) in [4.78, 5) is 14.9. The second kappa shape index (κ2) is 3.20. The normalized spacial score (nSPS) is 10.8. The summed E-state index contributed by atoms with van der Waals surface area (Å²) in [6.45, 7) is 2.00. The molecule has 2 rings (SSSR count). The molecule has 0 amide bonds. The molecule has 72 valence electrons. The summed E-state index contributed by atoms with van der Waals surface area (Å²) in [7, 11) is 1.85. The van der Waals surface area contributed by atoms with Crippen LogP contribution in [0.3, 0.4) is 0 Å². The van der Waals surface area contributed by atoms with Gasteiger partial charge in [-0.25, -0.2) is 4.98 Å². The fourth-order valence-electron chi connectivity index (χ4n) is 1.66. The maximum Gasteiger partial charge on any atom is 0.185 e. The first-order valence-electron chi connectivity index (χ1n) is 4.21. The molecule has 0 spiro atoms. The Bertz CT molecular complexity index is 516. The van der Waals surface area contributed by atoms with Crippen molar-refractivity contribution in [2.45, 2.75) is 6.92 Å². The van der Waals surface area contributed by atoms with Crippen molar-refractivity contribution in [1.82, 2.24) is 9.55 Å². The van der Waals surface area contributed by atoms with E-state index in [1.165, 1.54) is 0 Å². The third-order valence-corrected chi connectivity index (χ3v) is 2.72. The first kappa shape index (κ1) is 9.40. The third-order valence-electron chi connectivity index (χ3n) is 2.26. The van der Waals surface area contributed by atoms with Crippen LogP contribution in [0.5, 0.6) is 0 Å². The minimum atomic E-state index is 0.459. The average Bonchev–Trinajstić information content (AvgIpc) is 2.42. The van der Waals surface area contributed by atoms with Gasteiger partial charge < -0.3 is 4.57 Å². The molecular formula is C10H9BrN2O. The highest BCUT2D eigenvalue weighted by atomic mass is 79.9. The van der Waals surface area contributed by atoms with Gasteiger partial charge in [0.15, 0.2) is 12.1 Å². The number of imidazole rings is 1. The number of nitrogens with zero attached hydrogens (tertiary/aromatic N) is 2. The Labute approximate surface area is 89.9 Å². The van der Waals surface area contributed by atoms with Crippen LogP contribution >= 0.6 is 15.9 Å². The van der Waals surface area contributed by atoms with Crippen molar-refractivity contribution in [1.29, 1.82) is 0 Å². The minimum absolute atomic E-state index is 0.459. The maximum absolute atomic E-state index is 10.7. The Morgan fingerprint density at radius 2 is 2.21 bits per heavy atom. The predicted octanol–water partition coefficient (Wildman–Crippen LogP) is 2.46. The monoisotopic (exact) mass is 252 g/mol. The quantitative estimate of drug-likeness (QED) is 0.731. The molecule has 0 bridgehead atoms. The number of carbonyl (C=O) groups excluding carboxylic acids is 1. The lowest BCUT2D eigenvalue weighted by Gasteiger charge is -2.00. The molecule has 0 saturated heterocycles. The van der Waals surface area contributed by atoms with Crippen molar-refractivity contribution >= 4 is 33.2 Å². The van der Waals surface area contributed by atoms with Crippen LogP contribution in [0.4, 0.5) is 0 Å². The summed E-state index contributed by atoms with van der Waals surface area (Å²) in [6.07, 6.45) is 0.771. The van der Waals surface area contributed by atoms with Gasteiger partial charge in [0.25, 0.3) is 0 Å². The van der Waals surface area contributed by atoms with Gasteiger partial charge in [-0.2, -0.15) is 0 Å². The number of aldehydes is 1. The molecular weight excluding hydrogens is 244 g/mol. The third kappa shape index (κ3) is 1.26. The van der Waals surface area contributed by atoms with Crippen molar-refractivity contribution in [2.24, 2.45) is 7.05 Å². The molecule has 0 saturated carbocycles. The molecule has 0 aliphatic rings. The molecule has 2 aromatic rings. The SMILES string of the molecule is Cc1cc(Br)cc2nc(C=O)n(C)c12. The number of aryl methyl sites for hydroxylation is 2. The van der Waals surface area contributed by atoms with Crippen molar-refractivity contribution < 1.29 is 4.79 Å². The van der Waals surface area contributed by atoms with Crippen LogP contribution in [0, 0.1) is 6.92 Å². The van der Waals surface area contributed by atoms with Gasteiger partial charge in [0.1, 0.15) is 0 Å². The molecule has 0 aliphatic heterocycles. The summed E-state index contributed by atoms with van der Waals surface area (Å²) in [5, 5.41) is 0. The van der Waals surface area contributed by atoms with Crippen molar-refractivity contribution in [3.8, 4) is 0 Å². The van der Waals surface area contributed by atoms with E-state index in [1.807, 2.05) is 30.7 Å². The van der Waals surface area contributed by atoms with E-state index in [0.29, 0.717) is 5.82 Å². The summed E-state index contributed by atoms with van der Waals surface area (Å²) in [5.41, 5.74) is 2.97. The molecule has 0 unspecified atom stereocenters. The van der Waals surface area contributed by atoms with E-state index < -0.39 is 0 Å². The van der Waals surface area contributed by atoms with Gasteiger partial charge in [-0.3, -0.25) is 4.79 Å². The number of halogens is 1. The minimum Gasteiger partial charge on any atom is -0.325 e. The lowest BCUT2D eigenvalue weighted by atomic mass is 10.2. The van der Waals surface area contributed by atoms with E-state index in [9.17, 15) is 4.79 Å². The molecule has 0 aliphatic carbocycles. The van der Waals surface area contributed by atoms with Gasteiger partial charge in [-0.15, -0.1) is 0 Å². The molecule has 3 nitrogen and oxygen atoms in total. The van der Waals surface area contributed by atoms with Crippen LogP contribution in [0.2, 0.25) is 0 Å². The summed E-state index contributed by atoms with van der Waals surface area (Å²) in [6, 6.07) is 3.92. The Hall–Kier alpha value is -1.16. The second-order valence-electron chi connectivity index (χ2n) is 3.24. The highest BCUT2D eigenvalue weighted by Gasteiger charge is 2.09. The second-order valence-corrected chi connectivity index (χ2v) is 4.15. The number of fused-ring (bicyclic) bond motifs is 1. The predicted molar refractivity (Wildman–Crippen MR) is 58.5 cm³/mol. The largest absolute Gasteiger partial charge is 0.325 e. The smallest absolute Gasteiger partial charge is 0.185 e. The van der Waals surface area contributed by atoms with E-state index in [2.05, 4.69) is 20.9 Å². The number of rotatable bonds is 1. The molecule has 1 aromatic heterocycles.